The zero-order valence-electron chi connectivity index (χ0n) is 29.5. The highest BCUT2D eigenvalue weighted by molar-refractivity contribution is 7.83. The van der Waals surface area contributed by atoms with Gasteiger partial charge in [0.05, 0.1) is 39.8 Å². The molecule has 1 N–H and O–H groups in total. The summed E-state index contributed by atoms with van der Waals surface area (Å²) in [5.74, 6) is 2.89. The van der Waals surface area contributed by atoms with E-state index in [1.807, 2.05) is 22.8 Å². The number of benzene rings is 3. The lowest BCUT2D eigenvalue weighted by Gasteiger charge is -2.34. The van der Waals surface area contributed by atoms with Crippen molar-refractivity contribution in [2.45, 2.75) is 61.5 Å². The highest BCUT2D eigenvalue weighted by atomic mass is 32.2. The summed E-state index contributed by atoms with van der Waals surface area (Å²) in [6, 6.07) is 14.4. The molecule has 6 heterocycles. The summed E-state index contributed by atoms with van der Waals surface area (Å²) in [6.07, 6.45) is 15.4. The number of aromatic nitrogens is 8. The molecule has 1 aliphatic carbocycles. The zero-order chi connectivity index (χ0) is 37.2. The van der Waals surface area contributed by atoms with E-state index in [0.717, 1.165) is 37.0 Å². The maximum atomic E-state index is 16.8. The predicted molar refractivity (Wildman–Crippen MR) is 204 cm³/mol. The maximum Gasteiger partial charge on any atom is 0.319 e. The third-order valence-corrected chi connectivity index (χ3v) is 11.9. The Morgan fingerprint density at radius 2 is 1.84 bits per heavy atom. The van der Waals surface area contributed by atoms with Crippen LogP contribution in [0.2, 0.25) is 0 Å². The molecule has 0 amide bonds. The van der Waals surface area contributed by atoms with E-state index < -0.39 is 22.6 Å². The lowest BCUT2D eigenvalue weighted by molar-refractivity contribution is 0.280. The largest absolute Gasteiger partial charge is 0.463 e. The zero-order valence-corrected chi connectivity index (χ0v) is 30.3. The Morgan fingerprint density at radius 3 is 2.65 bits per heavy atom. The van der Waals surface area contributed by atoms with E-state index in [1.165, 1.54) is 16.5 Å². The van der Waals surface area contributed by atoms with Crippen molar-refractivity contribution in [1.29, 1.82) is 0 Å². The molecular formula is C40H34F2N10O2S. The van der Waals surface area contributed by atoms with Gasteiger partial charge in [-0.25, -0.2) is 23.0 Å². The number of ether oxygens (including phenoxy) is 1. The van der Waals surface area contributed by atoms with Crippen molar-refractivity contribution in [3.05, 3.63) is 90.4 Å². The molecule has 3 aromatic carbocycles. The first kappa shape index (κ1) is 33.7. The first-order chi connectivity index (χ1) is 26.9. The first-order valence-electron chi connectivity index (χ1n) is 18.4. The quantitative estimate of drug-likeness (QED) is 0.133. The van der Waals surface area contributed by atoms with E-state index in [9.17, 15) is 8.60 Å². The SMILES string of the molecule is C#Cc1c(F)ccc2cccc(-c3ncc4c(N5CC6CCC(C5)N6)nc(OCCCn5cnc6cc(S(=O)n7cnc(C8CC8)n7)ccc65)nc4c3F)c12. The lowest BCUT2D eigenvalue weighted by Crippen LogP contribution is -2.51. The number of anilines is 1. The second kappa shape index (κ2) is 13.5. The van der Waals surface area contributed by atoms with Gasteiger partial charge in [0.2, 0.25) is 0 Å². The second-order valence-corrected chi connectivity index (χ2v) is 15.7. The Balaban J connectivity index is 0.925. The smallest absolute Gasteiger partial charge is 0.319 e. The van der Waals surface area contributed by atoms with Crippen molar-refractivity contribution in [3.63, 3.8) is 0 Å². The van der Waals surface area contributed by atoms with Crippen LogP contribution in [0.4, 0.5) is 14.6 Å². The monoisotopic (exact) mass is 756 g/mol. The number of hydrogen-bond acceptors (Lipinski definition) is 10. The van der Waals surface area contributed by atoms with Gasteiger partial charge in [0.25, 0.3) is 0 Å². The molecular weight excluding hydrogens is 723 g/mol. The fraction of sp³-hybridized carbons (Fsp3) is 0.300. The molecule has 2 aliphatic heterocycles. The fourth-order valence-electron chi connectivity index (χ4n) is 7.88. The maximum absolute atomic E-state index is 16.8. The van der Waals surface area contributed by atoms with Crippen LogP contribution >= 0.6 is 0 Å². The molecule has 7 aromatic rings. The van der Waals surface area contributed by atoms with Gasteiger partial charge in [-0.1, -0.05) is 30.2 Å². The Morgan fingerprint density at radius 1 is 0.982 bits per heavy atom. The molecule has 0 radical (unpaired) electrons. The van der Waals surface area contributed by atoms with Gasteiger partial charge < -0.3 is 19.5 Å². The summed E-state index contributed by atoms with van der Waals surface area (Å²) in [5, 5.41) is 9.61. The summed E-state index contributed by atoms with van der Waals surface area (Å²) >= 11 is 0. The van der Waals surface area contributed by atoms with E-state index in [-0.39, 0.29) is 29.4 Å². The normalized spacial score (nSPS) is 18.7. The summed E-state index contributed by atoms with van der Waals surface area (Å²) in [7, 11) is -1.53. The molecule has 2 bridgehead atoms. The number of pyridine rings is 1. The molecule has 4 aromatic heterocycles. The minimum absolute atomic E-state index is 0.0134. The second-order valence-electron chi connectivity index (χ2n) is 14.3. The number of nitrogens with one attached hydrogen (secondary N) is 1. The van der Waals surface area contributed by atoms with Crippen molar-refractivity contribution in [2.24, 2.45) is 0 Å². The van der Waals surface area contributed by atoms with Gasteiger partial charge in [-0.3, -0.25) is 4.98 Å². The molecule has 12 nitrogen and oxygen atoms in total. The molecule has 10 rings (SSSR count). The van der Waals surface area contributed by atoms with Gasteiger partial charge in [0.15, 0.2) is 22.6 Å². The van der Waals surface area contributed by atoms with E-state index in [2.05, 4.69) is 41.2 Å². The predicted octanol–water partition coefficient (Wildman–Crippen LogP) is 5.90. The van der Waals surface area contributed by atoms with Gasteiger partial charge in [0.1, 0.15) is 29.2 Å². The molecule has 3 aliphatic rings. The molecule has 3 atom stereocenters. The van der Waals surface area contributed by atoms with Crippen LogP contribution in [0, 0.1) is 24.0 Å². The van der Waals surface area contributed by atoms with Gasteiger partial charge in [0, 0.05) is 54.8 Å². The van der Waals surface area contributed by atoms with Crippen molar-refractivity contribution < 1.29 is 17.7 Å². The van der Waals surface area contributed by atoms with Crippen LogP contribution in [-0.4, -0.2) is 74.7 Å². The van der Waals surface area contributed by atoms with E-state index in [1.54, 1.807) is 36.8 Å². The number of halogens is 2. The van der Waals surface area contributed by atoms with Crippen LogP contribution in [0.3, 0.4) is 0 Å². The Hall–Kier alpha value is -5.85. The molecule has 2 saturated heterocycles. The Kier molecular flexibility index (Phi) is 8.25. The van der Waals surface area contributed by atoms with Gasteiger partial charge in [-0.05, 0) is 61.8 Å². The number of piperazine rings is 1. The van der Waals surface area contributed by atoms with E-state index >= 15 is 4.39 Å². The molecule has 3 unspecified atom stereocenters. The Labute approximate surface area is 316 Å². The molecule has 276 valence electrons. The number of fused-ring (bicyclic) bond motifs is 5. The number of nitrogens with zero attached hydrogens (tertiary/aromatic N) is 9. The fourth-order valence-corrected chi connectivity index (χ4v) is 8.79. The highest BCUT2D eigenvalue weighted by Crippen LogP contribution is 2.39. The Bertz CT molecular complexity index is 2710. The highest BCUT2D eigenvalue weighted by Gasteiger charge is 2.34. The first-order valence-corrected chi connectivity index (χ1v) is 19.5. The van der Waals surface area contributed by atoms with Gasteiger partial charge in [-0.15, -0.1) is 11.5 Å². The van der Waals surface area contributed by atoms with Crippen molar-refractivity contribution >= 4 is 49.5 Å². The molecule has 15 heteroatoms. The number of terminal acetylenes is 1. The van der Waals surface area contributed by atoms with Crippen LogP contribution in [-0.2, 0) is 17.5 Å². The van der Waals surface area contributed by atoms with Crippen LogP contribution < -0.4 is 15.0 Å². The van der Waals surface area contributed by atoms with Crippen molar-refractivity contribution in [3.8, 4) is 29.6 Å². The third kappa shape index (κ3) is 6.05. The van der Waals surface area contributed by atoms with Crippen LogP contribution in [0.5, 0.6) is 6.01 Å². The van der Waals surface area contributed by atoms with Crippen LogP contribution in [0.15, 0.2) is 72.3 Å². The molecule has 55 heavy (non-hydrogen) atoms. The lowest BCUT2D eigenvalue weighted by atomic mass is 9.96. The number of hydrogen-bond donors (Lipinski definition) is 1. The minimum Gasteiger partial charge on any atom is -0.463 e. The van der Waals surface area contributed by atoms with Crippen LogP contribution in [0.1, 0.15) is 49.4 Å². The van der Waals surface area contributed by atoms with Gasteiger partial charge in [-0.2, -0.15) is 14.1 Å². The van der Waals surface area contributed by atoms with Gasteiger partial charge >= 0.3 is 6.01 Å². The minimum atomic E-state index is -1.53. The van der Waals surface area contributed by atoms with Crippen molar-refractivity contribution in [2.75, 3.05) is 24.6 Å². The summed E-state index contributed by atoms with van der Waals surface area (Å²) < 4.78 is 54.4. The number of rotatable bonds is 10. The molecule has 3 fully saturated rings. The van der Waals surface area contributed by atoms with E-state index in [4.69, 9.17) is 16.1 Å². The molecule has 1 saturated carbocycles. The molecule has 0 spiro atoms. The van der Waals surface area contributed by atoms with E-state index in [0.29, 0.717) is 82.0 Å². The number of aryl methyl sites for hydroxylation is 1. The average molecular weight is 757 g/mol. The van der Waals surface area contributed by atoms with Crippen LogP contribution in [0.25, 0.3) is 44.0 Å². The topological polar surface area (TPSA) is 129 Å². The average Bonchev–Trinajstić information content (AvgIpc) is 3.63. The summed E-state index contributed by atoms with van der Waals surface area (Å²) in [6.45, 7) is 2.25. The third-order valence-electron chi connectivity index (χ3n) is 10.7. The van der Waals surface area contributed by atoms with Crippen molar-refractivity contribution in [1.82, 2.24) is 44.0 Å². The standard InChI is InChI=1S/C40H34F2N10O2S/c1-2-28-31(41)13-9-23-5-3-6-29(34(23)28)36-35(42)37-30(18-43-36)39(51-19-25-10-11-26(20-51)46-25)48-40(47-37)54-16-4-15-50-21-44-32-17-27(12-14-33(32)50)55(53)52-22-45-38(49-52)24-7-8-24/h1,3,5-6,9,12-14,17-18,21-22,24-26,46H,4,7-8,10-11,15-16,19-20H2. The summed E-state index contributed by atoms with van der Waals surface area (Å²) in [5.41, 5.74) is 2.10. The summed E-state index contributed by atoms with van der Waals surface area (Å²) in [4.78, 5) is 25.6. The number of imidazole rings is 1.